The van der Waals surface area contributed by atoms with Gasteiger partial charge < -0.3 is 14.9 Å². The van der Waals surface area contributed by atoms with E-state index in [1.165, 1.54) is 16.9 Å². The molecular weight excluding hydrogens is 398 g/mol. The van der Waals surface area contributed by atoms with E-state index in [0.29, 0.717) is 5.92 Å². The van der Waals surface area contributed by atoms with Crippen LogP contribution in [0.1, 0.15) is 36.2 Å². The number of aliphatic hydroxyl groups is 2. The summed E-state index contributed by atoms with van der Waals surface area (Å²) in [5, 5.41) is 28.9. The van der Waals surface area contributed by atoms with E-state index in [4.69, 9.17) is 9.84 Å². The van der Waals surface area contributed by atoms with Gasteiger partial charge in [-0.15, -0.1) is 10.2 Å². The zero-order chi connectivity index (χ0) is 21.8. The lowest BCUT2D eigenvalue weighted by molar-refractivity contribution is 0.0532. The fourth-order valence-electron chi connectivity index (χ4n) is 3.31. The van der Waals surface area contributed by atoms with Gasteiger partial charge in [-0.05, 0) is 68.0 Å². The van der Waals surface area contributed by atoms with Crippen molar-refractivity contribution < 1.29 is 14.9 Å². The summed E-state index contributed by atoms with van der Waals surface area (Å²) in [4.78, 5) is 4.64. The van der Waals surface area contributed by atoms with Crippen LogP contribution in [-0.4, -0.2) is 44.7 Å². The first-order valence-electron chi connectivity index (χ1n) is 10.1. The van der Waals surface area contributed by atoms with E-state index in [-0.39, 0.29) is 13.2 Å². The lowest BCUT2D eigenvalue weighted by atomic mass is 10.0. The number of nitrogens with zero attached hydrogens (tertiary/aromatic N) is 3. The molecule has 2 N–H and O–H groups in total. The van der Waals surface area contributed by atoms with Crippen molar-refractivity contribution in [2.24, 2.45) is 5.92 Å². The van der Waals surface area contributed by atoms with Gasteiger partial charge in [-0.25, -0.2) is 0 Å². The van der Waals surface area contributed by atoms with Crippen LogP contribution >= 0.6 is 11.3 Å². The largest absolute Gasteiger partial charge is 0.490 e. The second kappa shape index (κ2) is 9.64. The van der Waals surface area contributed by atoms with Crippen molar-refractivity contribution in [3.05, 3.63) is 46.8 Å². The van der Waals surface area contributed by atoms with Crippen molar-refractivity contribution in [2.45, 2.75) is 47.1 Å². The summed E-state index contributed by atoms with van der Waals surface area (Å²) in [6.45, 7) is 10.1. The Balaban J connectivity index is 1.83. The first-order valence-corrected chi connectivity index (χ1v) is 10.9. The molecule has 0 unspecified atom stereocenters. The zero-order valence-electron chi connectivity index (χ0n) is 18.1. The number of pyridine rings is 1. The Morgan fingerprint density at radius 1 is 0.967 bits per heavy atom. The van der Waals surface area contributed by atoms with Crippen molar-refractivity contribution in [1.29, 1.82) is 0 Å². The van der Waals surface area contributed by atoms with E-state index < -0.39 is 6.10 Å². The Morgan fingerprint density at radius 3 is 2.13 bits per heavy atom. The Bertz CT molecular complexity index is 994. The minimum Gasteiger partial charge on any atom is -0.490 e. The van der Waals surface area contributed by atoms with Crippen molar-refractivity contribution in [3.8, 4) is 26.9 Å². The quantitative estimate of drug-likeness (QED) is 0.562. The Hall–Kier alpha value is -2.35. The Labute approximate surface area is 181 Å². The summed E-state index contributed by atoms with van der Waals surface area (Å²) in [5.74, 6) is 1.29. The van der Waals surface area contributed by atoms with Crippen molar-refractivity contribution in [1.82, 2.24) is 15.2 Å². The number of benzene rings is 1. The van der Waals surface area contributed by atoms with Gasteiger partial charge in [-0.1, -0.05) is 25.2 Å². The smallest absolute Gasteiger partial charge is 0.149 e. The summed E-state index contributed by atoms with van der Waals surface area (Å²) in [6.07, 6.45) is 1.96. The molecule has 0 saturated heterocycles. The maximum absolute atomic E-state index is 9.53. The van der Waals surface area contributed by atoms with Gasteiger partial charge in [0.2, 0.25) is 0 Å². The third-order valence-electron chi connectivity index (χ3n) is 4.80. The molecule has 0 saturated carbocycles. The molecule has 7 heteroatoms. The molecule has 2 aromatic heterocycles. The maximum atomic E-state index is 9.53. The van der Waals surface area contributed by atoms with Gasteiger partial charge in [-0.3, -0.25) is 4.98 Å². The summed E-state index contributed by atoms with van der Waals surface area (Å²) in [6, 6.07) is 6.15. The van der Waals surface area contributed by atoms with Crippen LogP contribution in [0.3, 0.4) is 0 Å². The number of aromatic nitrogens is 3. The molecule has 1 atom stereocenters. The Kier molecular flexibility index (Phi) is 7.18. The SMILES string of the molecule is Cc1cc(-c2nnc(-c3cc(C)c(OC[C@@H](O)CO)c(C)c3)s2)cnc1CC(C)C. The van der Waals surface area contributed by atoms with Crippen LogP contribution < -0.4 is 4.74 Å². The van der Waals surface area contributed by atoms with Gasteiger partial charge in [0.15, 0.2) is 0 Å². The van der Waals surface area contributed by atoms with Crippen LogP contribution in [-0.2, 0) is 6.42 Å². The number of aliphatic hydroxyl groups excluding tert-OH is 2. The van der Waals surface area contributed by atoms with Gasteiger partial charge in [0.05, 0.1) is 6.61 Å². The van der Waals surface area contributed by atoms with Crippen molar-refractivity contribution in [3.63, 3.8) is 0 Å². The summed E-state index contributed by atoms with van der Waals surface area (Å²) in [7, 11) is 0. The van der Waals surface area contributed by atoms with E-state index >= 15 is 0 Å². The summed E-state index contributed by atoms with van der Waals surface area (Å²) < 4.78 is 5.69. The van der Waals surface area contributed by atoms with E-state index in [2.05, 4.69) is 42.0 Å². The highest BCUT2D eigenvalue weighted by atomic mass is 32.1. The van der Waals surface area contributed by atoms with Crippen molar-refractivity contribution >= 4 is 11.3 Å². The molecule has 0 radical (unpaired) electrons. The number of ether oxygens (including phenoxy) is 1. The molecule has 0 spiro atoms. The number of rotatable bonds is 8. The van der Waals surface area contributed by atoms with Crippen LogP contribution in [0.15, 0.2) is 24.4 Å². The topological polar surface area (TPSA) is 88.4 Å². The van der Waals surface area contributed by atoms with Crippen LogP contribution in [0, 0.1) is 26.7 Å². The monoisotopic (exact) mass is 427 g/mol. The maximum Gasteiger partial charge on any atom is 0.149 e. The van der Waals surface area contributed by atoms with E-state index in [9.17, 15) is 5.11 Å². The number of aryl methyl sites for hydroxylation is 3. The third kappa shape index (κ3) is 5.22. The zero-order valence-corrected chi connectivity index (χ0v) is 19.0. The molecule has 1 aromatic carbocycles. The number of hydrogen-bond acceptors (Lipinski definition) is 7. The summed E-state index contributed by atoms with van der Waals surface area (Å²) >= 11 is 1.54. The predicted molar refractivity (Wildman–Crippen MR) is 120 cm³/mol. The lowest BCUT2D eigenvalue weighted by Gasteiger charge is -2.15. The van der Waals surface area contributed by atoms with Crippen molar-refractivity contribution in [2.75, 3.05) is 13.2 Å². The normalized spacial score (nSPS) is 12.4. The number of hydrogen-bond donors (Lipinski definition) is 2. The molecule has 30 heavy (non-hydrogen) atoms. The molecule has 0 bridgehead atoms. The van der Waals surface area contributed by atoms with Crippen LogP contribution in [0.2, 0.25) is 0 Å². The predicted octanol–water partition coefficient (Wildman–Crippen LogP) is 4.12. The fourth-order valence-corrected chi connectivity index (χ4v) is 4.12. The molecule has 160 valence electrons. The van der Waals surface area contributed by atoms with Crippen LogP contribution in [0.5, 0.6) is 5.75 Å². The molecule has 0 fully saturated rings. The molecule has 0 aliphatic rings. The first-order chi connectivity index (χ1) is 14.3. The molecule has 0 aliphatic heterocycles. The van der Waals surface area contributed by atoms with Gasteiger partial charge in [-0.2, -0.15) is 0 Å². The van der Waals surface area contributed by atoms with Gasteiger partial charge in [0.25, 0.3) is 0 Å². The molecule has 3 aromatic rings. The molecule has 2 heterocycles. The third-order valence-corrected chi connectivity index (χ3v) is 5.82. The highest BCUT2D eigenvalue weighted by Gasteiger charge is 2.15. The second-order valence-electron chi connectivity index (χ2n) is 8.08. The minimum absolute atomic E-state index is 0.0552. The highest BCUT2D eigenvalue weighted by molar-refractivity contribution is 7.17. The fraction of sp³-hybridized carbons (Fsp3) is 0.435. The summed E-state index contributed by atoms with van der Waals surface area (Å²) in [5.41, 5.74) is 6.16. The molecular formula is C23H29N3O3S. The molecule has 0 aliphatic carbocycles. The molecule has 6 nitrogen and oxygen atoms in total. The minimum atomic E-state index is -0.891. The van der Waals surface area contributed by atoms with Gasteiger partial charge in [0.1, 0.15) is 28.5 Å². The van der Waals surface area contributed by atoms with Gasteiger partial charge >= 0.3 is 0 Å². The molecule has 3 rings (SSSR count). The van der Waals surface area contributed by atoms with Crippen LogP contribution in [0.4, 0.5) is 0 Å². The second-order valence-corrected chi connectivity index (χ2v) is 9.06. The first kappa shape index (κ1) is 22.3. The lowest BCUT2D eigenvalue weighted by Crippen LogP contribution is -2.21. The van der Waals surface area contributed by atoms with E-state index in [0.717, 1.165) is 50.1 Å². The van der Waals surface area contributed by atoms with E-state index in [1.807, 2.05) is 32.2 Å². The average molecular weight is 428 g/mol. The average Bonchev–Trinajstić information content (AvgIpc) is 3.18. The van der Waals surface area contributed by atoms with Gasteiger partial charge in [0, 0.05) is 23.0 Å². The van der Waals surface area contributed by atoms with E-state index in [1.54, 1.807) is 0 Å². The van der Waals surface area contributed by atoms with Crippen LogP contribution in [0.25, 0.3) is 21.1 Å². The highest BCUT2D eigenvalue weighted by Crippen LogP contribution is 2.34. The Morgan fingerprint density at radius 2 is 1.57 bits per heavy atom. The molecule has 0 amide bonds. The standard InChI is InChI=1S/C23H29N3O3S/c1-13(2)6-20-14(3)7-18(10-24-20)23-26-25-22(30-23)17-8-15(4)21(16(5)9-17)29-12-19(28)11-27/h7-10,13,19,27-28H,6,11-12H2,1-5H3/t19-/m0/s1.